The van der Waals surface area contributed by atoms with Gasteiger partial charge in [0.25, 0.3) is 0 Å². The summed E-state index contributed by atoms with van der Waals surface area (Å²) in [5.41, 5.74) is 3.73. The van der Waals surface area contributed by atoms with E-state index >= 15 is 0 Å². The molecule has 1 nitrogen and oxygen atoms in total. The van der Waals surface area contributed by atoms with Crippen molar-refractivity contribution >= 4 is 15.9 Å². The first-order valence-electron chi connectivity index (χ1n) is 6.51. The highest BCUT2D eigenvalue weighted by Gasteiger charge is 2.11. The van der Waals surface area contributed by atoms with Crippen molar-refractivity contribution in [3.8, 4) is 5.75 Å². The third-order valence-electron chi connectivity index (χ3n) is 3.24. The Kier molecular flexibility index (Phi) is 5.03. The van der Waals surface area contributed by atoms with Crippen LogP contribution < -0.4 is 4.74 Å². The maximum absolute atomic E-state index is 6.00. The van der Waals surface area contributed by atoms with Gasteiger partial charge in [-0.1, -0.05) is 58.4 Å². The van der Waals surface area contributed by atoms with Crippen molar-refractivity contribution in [2.24, 2.45) is 0 Å². The molecule has 19 heavy (non-hydrogen) atoms. The second-order valence-electron chi connectivity index (χ2n) is 4.84. The number of benzene rings is 2. The Morgan fingerprint density at radius 1 is 1.05 bits per heavy atom. The minimum Gasteiger partial charge on any atom is -0.493 e. The molecule has 0 amide bonds. The topological polar surface area (TPSA) is 9.23 Å². The predicted molar refractivity (Wildman–Crippen MR) is 84.4 cm³/mol. The van der Waals surface area contributed by atoms with Gasteiger partial charge in [0.2, 0.25) is 0 Å². The summed E-state index contributed by atoms with van der Waals surface area (Å²) in [5.74, 6) is 1.36. The maximum Gasteiger partial charge on any atom is 0.122 e. The van der Waals surface area contributed by atoms with Gasteiger partial charge >= 0.3 is 0 Å². The summed E-state index contributed by atoms with van der Waals surface area (Å²) in [4.78, 5) is 0. The molecule has 0 bridgehead atoms. The number of rotatable bonds is 5. The molecule has 0 spiro atoms. The van der Waals surface area contributed by atoms with Crippen LogP contribution in [0.1, 0.15) is 22.6 Å². The molecule has 0 N–H and O–H groups in total. The summed E-state index contributed by atoms with van der Waals surface area (Å²) in [7, 11) is 0. The van der Waals surface area contributed by atoms with Crippen molar-refractivity contribution in [3.63, 3.8) is 0 Å². The molecule has 2 aromatic rings. The van der Waals surface area contributed by atoms with E-state index in [9.17, 15) is 0 Å². The van der Waals surface area contributed by atoms with E-state index in [-0.39, 0.29) is 0 Å². The Hall–Kier alpha value is -1.28. The average Bonchev–Trinajstić information content (AvgIpc) is 2.44. The third kappa shape index (κ3) is 3.84. The normalized spacial score (nSPS) is 12.2. The maximum atomic E-state index is 6.00. The Labute approximate surface area is 123 Å². The molecule has 0 saturated heterocycles. The highest BCUT2D eigenvalue weighted by Crippen LogP contribution is 2.23. The fraction of sp³-hybridized carbons (Fsp3) is 0.294. The molecule has 2 rings (SSSR count). The molecule has 0 aliphatic carbocycles. The fourth-order valence-corrected chi connectivity index (χ4v) is 2.57. The molecule has 0 aliphatic rings. The van der Waals surface area contributed by atoms with Gasteiger partial charge in [-0.25, -0.2) is 0 Å². The van der Waals surface area contributed by atoms with Crippen molar-refractivity contribution in [1.29, 1.82) is 0 Å². The van der Waals surface area contributed by atoms with E-state index in [4.69, 9.17) is 4.74 Å². The molecule has 0 heterocycles. The first-order valence-corrected chi connectivity index (χ1v) is 7.64. The summed E-state index contributed by atoms with van der Waals surface area (Å²) in [6, 6.07) is 16.8. The SMILES string of the molecule is Cc1ccc(C)c(OCC(CBr)c2ccccc2)c1. The van der Waals surface area contributed by atoms with Crippen LogP contribution in [0.15, 0.2) is 48.5 Å². The lowest BCUT2D eigenvalue weighted by molar-refractivity contribution is 0.296. The Balaban J connectivity index is 2.06. The predicted octanol–water partition coefficient (Wildman–Crippen LogP) is 4.86. The van der Waals surface area contributed by atoms with Crippen molar-refractivity contribution in [1.82, 2.24) is 0 Å². The highest BCUT2D eigenvalue weighted by molar-refractivity contribution is 9.09. The molecule has 2 heteroatoms. The number of ether oxygens (including phenoxy) is 1. The molecular formula is C17H19BrO. The number of hydrogen-bond donors (Lipinski definition) is 0. The Morgan fingerprint density at radius 2 is 1.79 bits per heavy atom. The van der Waals surface area contributed by atoms with Crippen LogP contribution in [-0.4, -0.2) is 11.9 Å². The molecule has 2 aromatic carbocycles. The largest absolute Gasteiger partial charge is 0.493 e. The number of alkyl halides is 1. The number of halogens is 1. The van der Waals surface area contributed by atoms with Gasteiger partial charge in [0.15, 0.2) is 0 Å². The van der Waals surface area contributed by atoms with Crippen LogP contribution in [0.4, 0.5) is 0 Å². The molecular weight excluding hydrogens is 300 g/mol. The van der Waals surface area contributed by atoms with Gasteiger partial charge in [-0.2, -0.15) is 0 Å². The van der Waals surface area contributed by atoms with Crippen LogP contribution in [0.25, 0.3) is 0 Å². The zero-order valence-corrected chi connectivity index (χ0v) is 13.0. The first kappa shape index (κ1) is 14.1. The molecule has 0 radical (unpaired) electrons. The molecule has 100 valence electrons. The summed E-state index contributed by atoms with van der Waals surface area (Å²) in [5, 5.41) is 0.905. The lowest BCUT2D eigenvalue weighted by Crippen LogP contribution is -2.12. The average molecular weight is 319 g/mol. The summed E-state index contributed by atoms with van der Waals surface area (Å²) >= 11 is 3.58. The third-order valence-corrected chi connectivity index (χ3v) is 4.02. The summed E-state index contributed by atoms with van der Waals surface area (Å²) in [6.07, 6.45) is 0. The van der Waals surface area contributed by atoms with E-state index in [1.807, 2.05) is 6.07 Å². The van der Waals surface area contributed by atoms with Gasteiger partial charge in [0, 0.05) is 11.2 Å². The first-order chi connectivity index (χ1) is 9.20. The quantitative estimate of drug-likeness (QED) is 0.715. The fourth-order valence-electron chi connectivity index (χ4n) is 2.01. The lowest BCUT2D eigenvalue weighted by Gasteiger charge is -2.17. The van der Waals surface area contributed by atoms with Gasteiger partial charge in [-0.15, -0.1) is 0 Å². The number of aryl methyl sites for hydroxylation is 2. The van der Waals surface area contributed by atoms with Gasteiger partial charge in [-0.05, 0) is 36.6 Å². The van der Waals surface area contributed by atoms with Crippen LogP contribution in [0.5, 0.6) is 5.75 Å². The van der Waals surface area contributed by atoms with E-state index in [2.05, 4.69) is 72.2 Å². The van der Waals surface area contributed by atoms with Crippen LogP contribution in [-0.2, 0) is 0 Å². The Bertz CT molecular complexity index is 522. The lowest BCUT2D eigenvalue weighted by atomic mass is 10.0. The molecule has 0 aliphatic heterocycles. The van der Waals surface area contributed by atoms with Crippen molar-refractivity contribution in [2.45, 2.75) is 19.8 Å². The zero-order chi connectivity index (χ0) is 13.7. The van der Waals surface area contributed by atoms with Crippen LogP contribution in [0.2, 0.25) is 0 Å². The zero-order valence-electron chi connectivity index (χ0n) is 11.4. The van der Waals surface area contributed by atoms with E-state index < -0.39 is 0 Å². The highest BCUT2D eigenvalue weighted by atomic mass is 79.9. The second-order valence-corrected chi connectivity index (χ2v) is 5.49. The van der Waals surface area contributed by atoms with Crippen molar-refractivity contribution < 1.29 is 4.74 Å². The molecule has 0 aromatic heterocycles. The monoisotopic (exact) mass is 318 g/mol. The van der Waals surface area contributed by atoms with Crippen LogP contribution >= 0.6 is 15.9 Å². The van der Waals surface area contributed by atoms with E-state index in [1.165, 1.54) is 16.7 Å². The molecule has 0 fully saturated rings. The van der Waals surface area contributed by atoms with E-state index in [0.29, 0.717) is 12.5 Å². The van der Waals surface area contributed by atoms with Crippen LogP contribution in [0.3, 0.4) is 0 Å². The minimum absolute atomic E-state index is 0.376. The van der Waals surface area contributed by atoms with Crippen LogP contribution in [0, 0.1) is 13.8 Å². The van der Waals surface area contributed by atoms with Gasteiger partial charge in [-0.3, -0.25) is 0 Å². The molecule has 0 saturated carbocycles. The van der Waals surface area contributed by atoms with Gasteiger partial charge in [0.1, 0.15) is 5.75 Å². The van der Waals surface area contributed by atoms with E-state index in [0.717, 1.165) is 11.1 Å². The van der Waals surface area contributed by atoms with Crippen molar-refractivity contribution in [2.75, 3.05) is 11.9 Å². The molecule has 1 unspecified atom stereocenters. The van der Waals surface area contributed by atoms with Gasteiger partial charge in [0.05, 0.1) is 6.61 Å². The summed E-state index contributed by atoms with van der Waals surface area (Å²) in [6.45, 7) is 4.87. The standard InChI is InChI=1S/C17H19BrO/c1-13-8-9-14(2)17(10-13)19-12-16(11-18)15-6-4-3-5-7-15/h3-10,16H,11-12H2,1-2H3. The van der Waals surface area contributed by atoms with Gasteiger partial charge < -0.3 is 4.74 Å². The number of hydrogen-bond acceptors (Lipinski definition) is 1. The summed E-state index contributed by atoms with van der Waals surface area (Å²) < 4.78 is 6.00. The second kappa shape index (κ2) is 6.76. The Morgan fingerprint density at radius 3 is 2.47 bits per heavy atom. The smallest absolute Gasteiger partial charge is 0.122 e. The van der Waals surface area contributed by atoms with Crippen molar-refractivity contribution in [3.05, 3.63) is 65.2 Å². The minimum atomic E-state index is 0.376. The molecule has 1 atom stereocenters. The van der Waals surface area contributed by atoms with E-state index in [1.54, 1.807) is 0 Å².